The Hall–Kier alpha value is -2.60. The average Bonchev–Trinajstić information content (AvgIpc) is 3.32. The molecule has 1 aromatic rings. The zero-order valence-corrected chi connectivity index (χ0v) is 22.0. The molecular formula is C23H40N6O5S. The van der Waals surface area contributed by atoms with Gasteiger partial charge in [-0.15, -0.1) is 0 Å². The van der Waals surface area contributed by atoms with Crippen molar-refractivity contribution in [3.05, 3.63) is 18.2 Å². The first kappa shape index (κ1) is 30.4. The Morgan fingerprint density at radius 1 is 1.06 bits per heavy atom. The minimum Gasteiger partial charge on any atom is -0.480 e. The third-order valence-corrected chi connectivity index (χ3v) is 6.38. The molecule has 0 aromatic carbocycles. The van der Waals surface area contributed by atoms with E-state index in [1.54, 1.807) is 0 Å². The highest BCUT2D eigenvalue weighted by molar-refractivity contribution is 7.98. The molecule has 198 valence electrons. The topological polar surface area (TPSA) is 179 Å². The van der Waals surface area contributed by atoms with Gasteiger partial charge in [0, 0.05) is 18.3 Å². The van der Waals surface area contributed by atoms with E-state index in [9.17, 15) is 24.3 Å². The number of carbonyl (C=O) groups is 4. The summed E-state index contributed by atoms with van der Waals surface area (Å²) in [6, 6.07) is -3.79. The first-order valence-corrected chi connectivity index (χ1v) is 13.2. The highest BCUT2D eigenvalue weighted by Gasteiger charge is 2.31. The van der Waals surface area contributed by atoms with E-state index >= 15 is 0 Å². The molecule has 0 saturated carbocycles. The van der Waals surface area contributed by atoms with E-state index in [0.717, 1.165) is 6.42 Å². The molecule has 0 aliphatic heterocycles. The fraction of sp³-hybridized carbons (Fsp3) is 0.696. The number of amides is 3. The standard InChI is InChI=1S/C23H40N6O5S/c1-6-14(4)19(24)22(32)28-17(9-13(2)3)21(31)27-16(7-8-35-5)20(30)29-18(23(33)34)10-15-11-25-12-26-15/h11-14,16-19H,6-10,24H2,1-5H3,(H,25,26)(H,27,31)(H,28,32)(H,29,30)(H,33,34). The first-order valence-electron chi connectivity index (χ1n) is 11.9. The normalized spacial score (nSPS) is 15.5. The second-order valence-corrected chi connectivity index (χ2v) is 10.1. The number of carboxylic acid groups (broad SMARTS) is 1. The summed E-state index contributed by atoms with van der Waals surface area (Å²) in [7, 11) is 0. The lowest BCUT2D eigenvalue weighted by molar-refractivity contribution is -0.142. The molecule has 5 unspecified atom stereocenters. The Morgan fingerprint density at radius 2 is 1.66 bits per heavy atom. The van der Waals surface area contributed by atoms with Gasteiger partial charge in [0.2, 0.25) is 17.7 Å². The summed E-state index contributed by atoms with van der Waals surface area (Å²) >= 11 is 1.50. The van der Waals surface area contributed by atoms with Crippen molar-refractivity contribution in [1.29, 1.82) is 0 Å². The predicted molar refractivity (Wildman–Crippen MR) is 136 cm³/mol. The van der Waals surface area contributed by atoms with Crippen LogP contribution in [0.25, 0.3) is 0 Å². The monoisotopic (exact) mass is 512 g/mol. The summed E-state index contributed by atoms with van der Waals surface area (Å²) in [5.41, 5.74) is 6.59. The first-order chi connectivity index (χ1) is 16.5. The van der Waals surface area contributed by atoms with Gasteiger partial charge in [-0.25, -0.2) is 9.78 Å². The number of aromatic amines is 1. The fourth-order valence-corrected chi connectivity index (χ4v) is 3.82. The Balaban J connectivity index is 2.97. The third-order valence-electron chi connectivity index (χ3n) is 5.74. The number of nitrogens with two attached hydrogens (primary N) is 1. The van der Waals surface area contributed by atoms with Gasteiger partial charge in [-0.05, 0) is 36.7 Å². The van der Waals surface area contributed by atoms with Crippen LogP contribution in [0.4, 0.5) is 0 Å². The van der Waals surface area contributed by atoms with E-state index in [0.29, 0.717) is 24.3 Å². The van der Waals surface area contributed by atoms with Crippen molar-refractivity contribution in [2.24, 2.45) is 17.6 Å². The molecule has 7 N–H and O–H groups in total. The van der Waals surface area contributed by atoms with Crippen molar-refractivity contribution < 1.29 is 24.3 Å². The molecule has 0 bridgehead atoms. The van der Waals surface area contributed by atoms with Gasteiger partial charge >= 0.3 is 5.97 Å². The zero-order valence-electron chi connectivity index (χ0n) is 21.2. The average molecular weight is 513 g/mol. The van der Waals surface area contributed by atoms with Crippen LogP contribution in [-0.2, 0) is 25.6 Å². The lowest BCUT2D eigenvalue weighted by Gasteiger charge is -2.27. The van der Waals surface area contributed by atoms with E-state index < -0.39 is 47.9 Å². The lowest BCUT2D eigenvalue weighted by Crippen LogP contribution is -2.58. The maximum absolute atomic E-state index is 13.1. The van der Waals surface area contributed by atoms with Gasteiger partial charge in [0.25, 0.3) is 0 Å². The van der Waals surface area contributed by atoms with Crippen molar-refractivity contribution in [3.8, 4) is 0 Å². The maximum Gasteiger partial charge on any atom is 0.326 e. The number of thioether (sulfide) groups is 1. The highest BCUT2D eigenvalue weighted by atomic mass is 32.2. The molecule has 3 amide bonds. The SMILES string of the molecule is CCC(C)C(N)C(=O)NC(CC(C)C)C(=O)NC(CCSC)C(=O)NC(Cc1cnc[nH]1)C(=O)O. The summed E-state index contributed by atoms with van der Waals surface area (Å²) in [5, 5.41) is 17.5. The number of carbonyl (C=O) groups excluding carboxylic acids is 3. The molecule has 35 heavy (non-hydrogen) atoms. The van der Waals surface area contributed by atoms with Gasteiger partial charge < -0.3 is 31.8 Å². The lowest BCUT2D eigenvalue weighted by atomic mass is 9.97. The van der Waals surface area contributed by atoms with Gasteiger partial charge in [0.05, 0.1) is 12.4 Å². The number of carboxylic acids is 1. The molecule has 0 saturated heterocycles. The Labute approximate surface area is 211 Å². The number of rotatable bonds is 16. The molecule has 0 fully saturated rings. The summed E-state index contributed by atoms with van der Waals surface area (Å²) in [5.74, 6) is -2.13. The Morgan fingerprint density at radius 3 is 2.17 bits per heavy atom. The Kier molecular flexibility index (Phi) is 13.4. The second kappa shape index (κ2) is 15.4. The van der Waals surface area contributed by atoms with Crippen LogP contribution in [-0.4, -0.2) is 74.9 Å². The molecule has 0 radical (unpaired) electrons. The third kappa shape index (κ3) is 10.7. The van der Waals surface area contributed by atoms with Gasteiger partial charge in [0.1, 0.15) is 18.1 Å². The van der Waals surface area contributed by atoms with E-state index in [1.807, 2.05) is 34.0 Å². The van der Waals surface area contributed by atoms with Crippen molar-refractivity contribution in [3.63, 3.8) is 0 Å². The van der Waals surface area contributed by atoms with Gasteiger partial charge in [-0.1, -0.05) is 34.1 Å². The number of imidazole rings is 1. The van der Waals surface area contributed by atoms with Crippen LogP contribution in [0.2, 0.25) is 0 Å². The number of nitrogens with one attached hydrogen (secondary N) is 4. The fourth-order valence-electron chi connectivity index (χ4n) is 3.35. The molecule has 0 spiro atoms. The molecule has 5 atom stereocenters. The van der Waals surface area contributed by atoms with Crippen LogP contribution in [0, 0.1) is 11.8 Å². The minimum absolute atomic E-state index is 0.0177. The number of aromatic nitrogens is 2. The number of nitrogens with zero attached hydrogens (tertiary/aromatic N) is 1. The molecular weight excluding hydrogens is 472 g/mol. The predicted octanol–water partition coefficient (Wildman–Crippen LogP) is 0.664. The smallest absolute Gasteiger partial charge is 0.326 e. The number of hydrogen-bond acceptors (Lipinski definition) is 7. The summed E-state index contributed by atoms with van der Waals surface area (Å²) < 4.78 is 0. The van der Waals surface area contributed by atoms with Gasteiger partial charge in [-0.3, -0.25) is 14.4 Å². The number of hydrogen-bond donors (Lipinski definition) is 6. The summed E-state index contributed by atoms with van der Waals surface area (Å²) in [6.45, 7) is 7.65. The van der Waals surface area contributed by atoms with Crippen LogP contribution in [0.1, 0.15) is 52.7 Å². The van der Waals surface area contributed by atoms with Gasteiger partial charge in [-0.2, -0.15) is 11.8 Å². The van der Waals surface area contributed by atoms with Crippen LogP contribution in [0.15, 0.2) is 12.5 Å². The quantitative estimate of drug-likeness (QED) is 0.187. The van der Waals surface area contributed by atoms with Crippen LogP contribution in [0.5, 0.6) is 0 Å². The number of H-pyrrole nitrogens is 1. The van der Waals surface area contributed by atoms with Crippen LogP contribution >= 0.6 is 11.8 Å². The zero-order chi connectivity index (χ0) is 26.5. The van der Waals surface area contributed by atoms with Crippen molar-refractivity contribution in [2.75, 3.05) is 12.0 Å². The van der Waals surface area contributed by atoms with Gasteiger partial charge in [0.15, 0.2) is 0 Å². The molecule has 12 heteroatoms. The molecule has 1 rings (SSSR count). The Bertz CT molecular complexity index is 819. The molecule has 1 aromatic heterocycles. The summed E-state index contributed by atoms with van der Waals surface area (Å²) in [4.78, 5) is 57.2. The van der Waals surface area contributed by atoms with E-state index in [2.05, 4.69) is 25.9 Å². The maximum atomic E-state index is 13.1. The van der Waals surface area contributed by atoms with E-state index in [4.69, 9.17) is 5.73 Å². The van der Waals surface area contributed by atoms with Crippen LogP contribution < -0.4 is 21.7 Å². The second-order valence-electron chi connectivity index (χ2n) is 9.13. The largest absolute Gasteiger partial charge is 0.480 e. The van der Waals surface area contributed by atoms with E-state index in [-0.39, 0.29) is 18.3 Å². The van der Waals surface area contributed by atoms with Crippen LogP contribution in [0.3, 0.4) is 0 Å². The molecule has 1 heterocycles. The van der Waals surface area contributed by atoms with E-state index in [1.165, 1.54) is 24.3 Å². The molecule has 0 aliphatic carbocycles. The summed E-state index contributed by atoms with van der Waals surface area (Å²) in [6.07, 6.45) is 6.17. The number of aliphatic carboxylic acids is 1. The van der Waals surface area contributed by atoms with Crippen molar-refractivity contribution in [2.45, 2.75) is 77.5 Å². The molecule has 0 aliphatic rings. The minimum atomic E-state index is -1.20. The van der Waals surface area contributed by atoms with Crippen molar-refractivity contribution in [1.82, 2.24) is 25.9 Å². The molecule has 11 nitrogen and oxygen atoms in total. The highest BCUT2D eigenvalue weighted by Crippen LogP contribution is 2.10. The van der Waals surface area contributed by atoms with Crippen molar-refractivity contribution >= 4 is 35.5 Å².